The Balaban J connectivity index is 1.40. The van der Waals surface area contributed by atoms with Gasteiger partial charge in [-0.2, -0.15) is 0 Å². The van der Waals surface area contributed by atoms with Crippen LogP contribution in [0.4, 0.5) is 5.13 Å². The van der Waals surface area contributed by atoms with E-state index in [1.165, 1.54) is 23.1 Å². The largest absolute Gasteiger partial charge is 0.497 e. The molecule has 8 nitrogen and oxygen atoms in total. The summed E-state index contributed by atoms with van der Waals surface area (Å²) in [6.45, 7) is 2.03. The van der Waals surface area contributed by atoms with E-state index in [9.17, 15) is 4.79 Å². The van der Waals surface area contributed by atoms with Gasteiger partial charge in [-0.25, -0.2) is 0 Å². The summed E-state index contributed by atoms with van der Waals surface area (Å²) in [6.07, 6.45) is 0.744. The first-order valence-electron chi connectivity index (χ1n) is 9.58. The van der Waals surface area contributed by atoms with E-state index in [-0.39, 0.29) is 11.7 Å². The van der Waals surface area contributed by atoms with Crippen LogP contribution in [0.25, 0.3) is 16.3 Å². The summed E-state index contributed by atoms with van der Waals surface area (Å²) in [5.74, 6) is 1.63. The van der Waals surface area contributed by atoms with Gasteiger partial charge in [0.1, 0.15) is 16.6 Å². The molecule has 0 fully saturated rings. The smallest absolute Gasteiger partial charge is 0.236 e. The molecule has 0 saturated carbocycles. The van der Waals surface area contributed by atoms with Crippen LogP contribution < -0.4 is 10.1 Å². The van der Waals surface area contributed by atoms with Gasteiger partial charge in [-0.05, 0) is 36.4 Å². The second kappa shape index (κ2) is 9.71. The van der Waals surface area contributed by atoms with Crippen molar-refractivity contribution < 1.29 is 9.53 Å². The highest BCUT2D eigenvalue weighted by Crippen LogP contribution is 2.28. The van der Waals surface area contributed by atoms with E-state index in [2.05, 4.69) is 25.7 Å². The van der Waals surface area contributed by atoms with Crippen LogP contribution in [-0.4, -0.2) is 43.7 Å². The van der Waals surface area contributed by atoms with Crippen LogP contribution in [0.5, 0.6) is 5.75 Å². The number of hydrogen-bond donors (Lipinski definition) is 1. The second-order valence-corrected chi connectivity index (χ2v) is 8.32. The summed E-state index contributed by atoms with van der Waals surface area (Å²) in [5.41, 5.74) is 1.89. The predicted octanol–water partition coefficient (Wildman–Crippen LogP) is 4.09. The minimum atomic E-state index is -0.178. The Bertz CT molecular complexity index is 1160. The van der Waals surface area contributed by atoms with Gasteiger partial charge in [-0.1, -0.05) is 48.2 Å². The Morgan fingerprint density at radius 1 is 1.06 bits per heavy atom. The number of aromatic nitrogens is 5. The van der Waals surface area contributed by atoms with Crippen LogP contribution >= 0.6 is 23.1 Å². The third kappa shape index (κ3) is 4.92. The first-order valence-corrected chi connectivity index (χ1v) is 11.4. The highest BCUT2D eigenvalue weighted by Gasteiger charge is 2.16. The van der Waals surface area contributed by atoms with Crippen LogP contribution in [0, 0.1) is 0 Å². The third-order valence-corrected chi connectivity index (χ3v) is 6.19. The molecule has 2 aromatic heterocycles. The number of rotatable bonds is 8. The topological polar surface area (TPSA) is 94.8 Å². The van der Waals surface area contributed by atoms with Gasteiger partial charge in [0.2, 0.25) is 11.0 Å². The first kappa shape index (κ1) is 21.0. The van der Waals surface area contributed by atoms with Crippen LogP contribution in [0.1, 0.15) is 12.7 Å². The van der Waals surface area contributed by atoms with Crippen LogP contribution in [0.2, 0.25) is 0 Å². The zero-order valence-electron chi connectivity index (χ0n) is 17.0. The van der Waals surface area contributed by atoms with Gasteiger partial charge in [0, 0.05) is 17.7 Å². The molecule has 1 N–H and O–H groups in total. The Hall–Kier alpha value is -3.24. The van der Waals surface area contributed by atoms with Gasteiger partial charge in [0.05, 0.1) is 12.9 Å². The van der Waals surface area contributed by atoms with E-state index in [0.717, 1.165) is 34.3 Å². The molecule has 0 saturated heterocycles. The number of nitrogens with one attached hydrogen (secondary N) is 1. The molecule has 2 aromatic carbocycles. The summed E-state index contributed by atoms with van der Waals surface area (Å²) >= 11 is 2.65. The van der Waals surface area contributed by atoms with Gasteiger partial charge in [-0.15, -0.1) is 20.4 Å². The van der Waals surface area contributed by atoms with Crippen molar-refractivity contribution in [2.45, 2.75) is 18.5 Å². The van der Waals surface area contributed by atoms with Crippen LogP contribution in [0.15, 0.2) is 59.8 Å². The molecule has 2 heterocycles. The monoisotopic (exact) mass is 452 g/mol. The lowest BCUT2D eigenvalue weighted by molar-refractivity contribution is -0.113. The maximum Gasteiger partial charge on any atom is 0.236 e. The number of hydrogen-bond acceptors (Lipinski definition) is 8. The number of aryl methyl sites for hydroxylation is 1. The van der Waals surface area contributed by atoms with Crippen molar-refractivity contribution in [1.29, 1.82) is 0 Å². The van der Waals surface area contributed by atoms with E-state index in [1.54, 1.807) is 7.11 Å². The minimum Gasteiger partial charge on any atom is -0.497 e. The lowest BCUT2D eigenvalue weighted by Gasteiger charge is -2.08. The van der Waals surface area contributed by atoms with Crippen molar-refractivity contribution in [3.63, 3.8) is 0 Å². The molecular weight excluding hydrogens is 432 g/mol. The highest BCUT2D eigenvalue weighted by molar-refractivity contribution is 7.99. The standard InChI is InChI=1S/C21H20N6O2S2/c1-3-17-23-26-21(27(17)15-7-5-4-6-8-15)30-13-18(28)22-20-25-24-19(31-20)14-9-11-16(29-2)12-10-14/h4-12H,3,13H2,1-2H3,(H,22,25,28). The molecule has 0 unspecified atom stereocenters. The number of thioether (sulfide) groups is 1. The molecule has 0 atom stereocenters. The molecule has 4 rings (SSSR count). The van der Waals surface area contributed by atoms with Gasteiger partial charge in [-0.3, -0.25) is 14.7 Å². The Morgan fingerprint density at radius 2 is 1.84 bits per heavy atom. The molecule has 0 bridgehead atoms. The molecule has 0 radical (unpaired) electrons. The normalized spacial score (nSPS) is 10.8. The summed E-state index contributed by atoms with van der Waals surface area (Å²) in [7, 11) is 1.62. The molecular formula is C21H20N6O2S2. The summed E-state index contributed by atoms with van der Waals surface area (Å²) in [4.78, 5) is 12.5. The first-order chi connectivity index (χ1) is 15.2. The van der Waals surface area contributed by atoms with E-state index < -0.39 is 0 Å². The highest BCUT2D eigenvalue weighted by atomic mass is 32.2. The van der Waals surface area contributed by atoms with Gasteiger partial charge in [0.25, 0.3) is 0 Å². The third-order valence-electron chi connectivity index (χ3n) is 4.37. The number of nitrogens with zero attached hydrogens (tertiary/aromatic N) is 5. The number of amides is 1. The fraction of sp³-hybridized carbons (Fsp3) is 0.190. The number of benzene rings is 2. The van der Waals surface area contributed by atoms with Crippen molar-refractivity contribution in [2.24, 2.45) is 0 Å². The molecule has 10 heteroatoms. The Labute approximate surface area is 187 Å². The van der Waals surface area contributed by atoms with Crippen LogP contribution in [0.3, 0.4) is 0 Å². The van der Waals surface area contributed by atoms with Crippen molar-refractivity contribution in [3.8, 4) is 22.0 Å². The second-order valence-electron chi connectivity index (χ2n) is 6.40. The number of carbonyl (C=O) groups is 1. The average molecular weight is 453 g/mol. The van der Waals surface area contributed by atoms with Gasteiger partial charge < -0.3 is 4.74 Å². The number of ether oxygens (including phenoxy) is 1. The van der Waals surface area contributed by atoms with Crippen LogP contribution in [-0.2, 0) is 11.2 Å². The molecule has 31 heavy (non-hydrogen) atoms. The summed E-state index contributed by atoms with van der Waals surface area (Å²) < 4.78 is 7.15. The van der Waals surface area contributed by atoms with E-state index in [0.29, 0.717) is 10.3 Å². The Kier molecular flexibility index (Phi) is 6.58. The summed E-state index contributed by atoms with van der Waals surface area (Å²) in [5, 5.41) is 21.4. The van der Waals surface area contributed by atoms with E-state index in [1.807, 2.05) is 66.1 Å². The van der Waals surface area contributed by atoms with E-state index in [4.69, 9.17) is 4.74 Å². The van der Waals surface area contributed by atoms with Crippen molar-refractivity contribution in [2.75, 3.05) is 18.2 Å². The van der Waals surface area contributed by atoms with Crippen molar-refractivity contribution in [1.82, 2.24) is 25.0 Å². The molecule has 0 aliphatic carbocycles. The lowest BCUT2D eigenvalue weighted by atomic mass is 10.2. The van der Waals surface area contributed by atoms with Gasteiger partial charge in [0.15, 0.2) is 5.16 Å². The zero-order valence-corrected chi connectivity index (χ0v) is 18.6. The average Bonchev–Trinajstić information content (AvgIpc) is 3.45. The molecule has 0 spiro atoms. The quantitative estimate of drug-likeness (QED) is 0.402. The summed E-state index contributed by atoms with van der Waals surface area (Å²) in [6, 6.07) is 17.4. The molecule has 0 aliphatic rings. The maximum atomic E-state index is 12.5. The number of methoxy groups -OCH3 is 1. The predicted molar refractivity (Wildman–Crippen MR) is 122 cm³/mol. The fourth-order valence-corrected chi connectivity index (χ4v) is 4.40. The molecule has 0 aliphatic heterocycles. The SMILES string of the molecule is CCc1nnc(SCC(=O)Nc2nnc(-c3ccc(OC)cc3)s2)n1-c1ccccc1. The number of para-hydroxylation sites is 1. The fourth-order valence-electron chi connectivity index (χ4n) is 2.87. The molecule has 1 amide bonds. The zero-order chi connectivity index (χ0) is 21.6. The van der Waals surface area contributed by atoms with Crippen molar-refractivity contribution in [3.05, 3.63) is 60.4 Å². The maximum absolute atomic E-state index is 12.5. The van der Waals surface area contributed by atoms with E-state index >= 15 is 0 Å². The number of anilines is 1. The minimum absolute atomic E-state index is 0.178. The number of carbonyl (C=O) groups excluding carboxylic acids is 1. The van der Waals surface area contributed by atoms with Crippen molar-refractivity contribution >= 4 is 34.1 Å². The Morgan fingerprint density at radius 3 is 2.55 bits per heavy atom. The lowest BCUT2D eigenvalue weighted by Crippen LogP contribution is -2.14. The van der Waals surface area contributed by atoms with Gasteiger partial charge >= 0.3 is 0 Å². The molecule has 158 valence electrons. The molecule has 4 aromatic rings.